The van der Waals surface area contributed by atoms with E-state index in [9.17, 15) is 4.79 Å². The topological polar surface area (TPSA) is 26.3 Å². The van der Waals surface area contributed by atoms with E-state index in [1.807, 2.05) is 50.3 Å². The lowest BCUT2D eigenvalue weighted by molar-refractivity contribution is -0.142. The van der Waals surface area contributed by atoms with Gasteiger partial charge in [-0.2, -0.15) is 0 Å². The molecule has 0 amide bonds. The van der Waals surface area contributed by atoms with Crippen LogP contribution in [0.5, 0.6) is 0 Å². The second-order valence-corrected chi connectivity index (χ2v) is 4.26. The summed E-state index contributed by atoms with van der Waals surface area (Å²) in [7, 11) is 0. The molecule has 0 aliphatic heterocycles. The molecule has 1 unspecified atom stereocenters. The van der Waals surface area contributed by atoms with Crippen molar-refractivity contribution in [2.45, 2.75) is 26.9 Å². The number of esters is 1. The highest BCUT2D eigenvalue weighted by Gasteiger charge is 2.14. The Balaban J connectivity index is 2.94. The molecule has 0 N–H and O–H groups in total. The van der Waals surface area contributed by atoms with Crippen LogP contribution in [-0.4, -0.2) is 5.97 Å². The van der Waals surface area contributed by atoms with Gasteiger partial charge in [0.25, 0.3) is 0 Å². The van der Waals surface area contributed by atoms with Crippen LogP contribution in [-0.2, 0) is 9.53 Å². The fourth-order valence-corrected chi connectivity index (χ4v) is 1.36. The molecule has 0 radical (unpaired) electrons. The van der Waals surface area contributed by atoms with Crippen LogP contribution in [0.15, 0.2) is 54.1 Å². The molecular weight excluding hydrogens is 212 g/mol. The third kappa shape index (κ3) is 4.27. The van der Waals surface area contributed by atoms with Gasteiger partial charge in [0.2, 0.25) is 0 Å². The number of benzene rings is 1. The van der Waals surface area contributed by atoms with Crippen molar-refractivity contribution in [3.63, 3.8) is 0 Å². The van der Waals surface area contributed by atoms with Crippen LogP contribution >= 0.6 is 0 Å². The predicted molar refractivity (Wildman–Crippen MR) is 69.5 cm³/mol. The summed E-state index contributed by atoms with van der Waals surface area (Å²) >= 11 is 0. The summed E-state index contributed by atoms with van der Waals surface area (Å²) in [6, 6.07) is 9.67. The fraction of sp³-hybridized carbons (Fsp3) is 0.267. The van der Waals surface area contributed by atoms with Gasteiger partial charge in [-0.05, 0) is 32.4 Å². The molecule has 1 rings (SSSR count). The van der Waals surface area contributed by atoms with E-state index in [0.717, 1.165) is 11.1 Å². The molecule has 0 heterocycles. The van der Waals surface area contributed by atoms with Crippen LogP contribution in [0.25, 0.3) is 0 Å². The van der Waals surface area contributed by atoms with Gasteiger partial charge in [0, 0.05) is 5.57 Å². The van der Waals surface area contributed by atoms with Gasteiger partial charge < -0.3 is 4.74 Å². The van der Waals surface area contributed by atoms with Gasteiger partial charge in [-0.1, -0.05) is 42.5 Å². The van der Waals surface area contributed by atoms with Crippen LogP contribution < -0.4 is 0 Å². The van der Waals surface area contributed by atoms with E-state index in [-0.39, 0.29) is 12.1 Å². The molecule has 0 saturated heterocycles. The van der Waals surface area contributed by atoms with Crippen LogP contribution in [0.4, 0.5) is 0 Å². The Hall–Kier alpha value is -1.83. The molecule has 0 spiro atoms. The van der Waals surface area contributed by atoms with Crippen LogP contribution in [0.3, 0.4) is 0 Å². The average Bonchev–Trinajstić information content (AvgIpc) is 2.28. The van der Waals surface area contributed by atoms with E-state index in [2.05, 4.69) is 6.58 Å². The minimum absolute atomic E-state index is 0.342. The molecule has 0 saturated carbocycles. The molecular formula is C15H18O2. The second-order valence-electron chi connectivity index (χ2n) is 4.26. The normalized spacial score (nSPS) is 11.5. The zero-order valence-corrected chi connectivity index (χ0v) is 10.6. The smallest absolute Gasteiger partial charge is 0.334 e. The standard InChI is InChI=1S/C15H18O2/c1-11(2)10-14(17-15(16)12(3)4)13-8-6-5-7-9-13/h5-10,14H,3H2,1-2,4H3. The summed E-state index contributed by atoms with van der Waals surface area (Å²) in [5, 5.41) is 0. The molecule has 1 atom stereocenters. The Morgan fingerprint density at radius 3 is 2.29 bits per heavy atom. The largest absolute Gasteiger partial charge is 0.450 e. The number of hydrogen-bond acceptors (Lipinski definition) is 2. The number of carbonyl (C=O) groups is 1. The highest BCUT2D eigenvalue weighted by atomic mass is 16.5. The minimum Gasteiger partial charge on any atom is -0.450 e. The predicted octanol–water partition coefficient (Wildman–Crippen LogP) is 3.81. The molecule has 0 aliphatic carbocycles. The Bertz CT molecular complexity index is 425. The molecule has 90 valence electrons. The van der Waals surface area contributed by atoms with Crippen molar-refractivity contribution < 1.29 is 9.53 Å². The number of carbonyl (C=O) groups excluding carboxylic acids is 1. The first-order valence-electron chi connectivity index (χ1n) is 5.57. The molecule has 1 aromatic carbocycles. The maximum absolute atomic E-state index is 11.6. The highest BCUT2D eigenvalue weighted by Crippen LogP contribution is 2.21. The SMILES string of the molecule is C=C(C)C(=O)OC(C=C(C)C)c1ccccc1. The Kier molecular flexibility index (Phi) is 4.70. The Labute approximate surface area is 103 Å². The number of hydrogen-bond donors (Lipinski definition) is 0. The molecule has 2 heteroatoms. The molecule has 0 aliphatic rings. The monoisotopic (exact) mass is 230 g/mol. The van der Waals surface area contributed by atoms with E-state index in [0.29, 0.717) is 5.57 Å². The third-order valence-corrected chi connectivity index (χ3v) is 2.20. The molecule has 2 nitrogen and oxygen atoms in total. The summed E-state index contributed by atoms with van der Waals surface area (Å²) in [6.45, 7) is 9.18. The van der Waals surface area contributed by atoms with Crippen LogP contribution in [0.1, 0.15) is 32.4 Å². The van der Waals surface area contributed by atoms with E-state index < -0.39 is 0 Å². The lowest BCUT2D eigenvalue weighted by Gasteiger charge is -2.15. The summed E-state index contributed by atoms with van der Waals surface area (Å²) in [6.07, 6.45) is 1.58. The van der Waals surface area contributed by atoms with Gasteiger partial charge in [-0.15, -0.1) is 0 Å². The zero-order valence-electron chi connectivity index (χ0n) is 10.6. The zero-order chi connectivity index (χ0) is 12.8. The first-order chi connectivity index (χ1) is 8.00. The van der Waals surface area contributed by atoms with E-state index in [1.165, 1.54) is 0 Å². The van der Waals surface area contributed by atoms with E-state index >= 15 is 0 Å². The van der Waals surface area contributed by atoms with Crippen molar-refractivity contribution in [2.75, 3.05) is 0 Å². The number of ether oxygens (including phenoxy) is 1. The lowest BCUT2D eigenvalue weighted by atomic mass is 10.1. The van der Waals surface area contributed by atoms with Crippen molar-refractivity contribution in [3.05, 3.63) is 59.7 Å². The van der Waals surface area contributed by atoms with Crippen molar-refractivity contribution in [3.8, 4) is 0 Å². The van der Waals surface area contributed by atoms with E-state index in [4.69, 9.17) is 4.74 Å². The van der Waals surface area contributed by atoms with Gasteiger partial charge >= 0.3 is 5.97 Å². The van der Waals surface area contributed by atoms with E-state index in [1.54, 1.807) is 6.92 Å². The minimum atomic E-state index is -0.364. The molecule has 0 bridgehead atoms. The molecule has 1 aromatic rings. The first-order valence-corrected chi connectivity index (χ1v) is 5.57. The summed E-state index contributed by atoms with van der Waals surface area (Å²) in [4.78, 5) is 11.6. The van der Waals surface area contributed by atoms with Crippen molar-refractivity contribution in [1.82, 2.24) is 0 Å². The fourth-order valence-electron chi connectivity index (χ4n) is 1.36. The average molecular weight is 230 g/mol. The summed E-state index contributed by atoms with van der Waals surface area (Å²) in [5.41, 5.74) is 2.48. The van der Waals surface area contributed by atoms with Gasteiger partial charge in [-0.3, -0.25) is 0 Å². The molecule has 17 heavy (non-hydrogen) atoms. The number of rotatable bonds is 4. The Morgan fingerprint density at radius 1 is 1.24 bits per heavy atom. The number of allylic oxidation sites excluding steroid dienone is 1. The molecule has 0 fully saturated rings. The maximum atomic E-state index is 11.6. The Morgan fingerprint density at radius 2 is 1.82 bits per heavy atom. The van der Waals surface area contributed by atoms with Gasteiger partial charge in [0.1, 0.15) is 6.10 Å². The highest BCUT2D eigenvalue weighted by molar-refractivity contribution is 5.87. The third-order valence-electron chi connectivity index (χ3n) is 2.20. The summed E-state index contributed by atoms with van der Waals surface area (Å²) in [5.74, 6) is -0.364. The van der Waals surface area contributed by atoms with Crippen LogP contribution in [0.2, 0.25) is 0 Å². The lowest BCUT2D eigenvalue weighted by Crippen LogP contribution is -2.10. The van der Waals surface area contributed by atoms with Gasteiger partial charge in [0.15, 0.2) is 0 Å². The summed E-state index contributed by atoms with van der Waals surface area (Å²) < 4.78 is 5.39. The quantitative estimate of drug-likeness (QED) is 0.446. The van der Waals surface area contributed by atoms with Crippen molar-refractivity contribution >= 4 is 5.97 Å². The molecule has 0 aromatic heterocycles. The van der Waals surface area contributed by atoms with Gasteiger partial charge in [-0.25, -0.2) is 4.79 Å². The first kappa shape index (κ1) is 13.2. The van der Waals surface area contributed by atoms with Crippen LogP contribution in [0, 0.1) is 0 Å². The van der Waals surface area contributed by atoms with Crippen molar-refractivity contribution in [2.24, 2.45) is 0 Å². The van der Waals surface area contributed by atoms with Crippen molar-refractivity contribution in [1.29, 1.82) is 0 Å². The maximum Gasteiger partial charge on any atom is 0.334 e. The van der Waals surface area contributed by atoms with Gasteiger partial charge in [0.05, 0.1) is 0 Å². The second kappa shape index (κ2) is 6.04.